The van der Waals surface area contributed by atoms with Crippen molar-refractivity contribution in [1.29, 1.82) is 0 Å². The number of esters is 1. The monoisotopic (exact) mass is 332 g/mol. The first-order valence-corrected chi connectivity index (χ1v) is 8.63. The van der Waals surface area contributed by atoms with Crippen LogP contribution in [0.25, 0.3) is 0 Å². The summed E-state index contributed by atoms with van der Waals surface area (Å²) < 4.78 is 18.1. The minimum absolute atomic E-state index is 0.0961. The molecule has 3 fully saturated rings. The zero-order chi connectivity index (χ0) is 17.3. The first-order chi connectivity index (χ1) is 11.3. The van der Waals surface area contributed by atoms with E-state index in [9.17, 15) is 9.59 Å². The van der Waals surface area contributed by atoms with Crippen LogP contribution in [0.4, 0.5) is 0 Å². The van der Waals surface area contributed by atoms with Crippen LogP contribution in [0.3, 0.4) is 0 Å². The van der Waals surface area contributed by atoms with Gasteiger partial charge in [0.05, 0.1) is 18.8 Å². The van der Waals surface area contributed by atoms with Gasteiger partial charge in [0.1, 0.15) is 11.7 Å². The number of ketones is 1. The standard InChI is InChI=1S/C19H24O5/c1-5-6-16(21)24-14-8-15-19(10-22-19)18(14,4)17(3)9-12(20)11(2)7-13(17)23-15/h5-7,13-15H,8-10H2,1-4H3/b6-5+/t13-,14-,15-,17+,18-,19+/m1/s1. The third kappa shape index (κ3) is 1.72. The fourth-order valence-electron chi connectivity index (χ4n) is 5.21. The average Bonchev–Trinajstić information content (AvgIpc) is 3.27. The molecule has 0 aromatic rings. The number of ether oxygens (including phenoxy) is 3. The third-order valence-corrected chi connectivity index (χ3v) is 6.98. The fraction of sp³-hybridized carbons (Fsp3) is 0.684. The highest BCUT2D eigenvalue weighted by molar-refractivity contribution is 5.96. The van der Waals surface area contributed by atoms with Gasteiger partial charge in [0.15, 0.2) is 5.78 Å². The lowest BCUT2D eigenvalue weighted by Crippen LogP contribution is -2.64. The number of hydrogen-bond acceptors (Lipinski definition) is 5. The van der Waals surface area contributed by atoms with Gasteiger partial charge in [0.2, 0.25) is 0 Å². The highest BCUT2D eigenvalue weighted by Crippen LogP contribution is 2.71. The molecule has 0 aromatic heterocycles. The fourth-order valence-corrected chi connectivity index (χ4v) is 5.21. The number of Topliss-reactive ketones (excluding diaryl/α,β-unsaturated/α-hetero) is 1. The average molecular weight is 332 g/mol. The molecule has 2 heterocycles. The summed E-state index contributed by atoms with van der Waals surface area (Å²) in [6, 6.07) is 0. The maximum absolute atomic E-state index is 12.5. The zero-order valence-electron chi connectivity index (χ0n) is 14.6. The lowest BCUT2D eigenvalue weighted by molar-refractivity contribution is -0.208. The number of fused-ring (bicyclic) bond motifs is 2. The number of allylic oxidation sites excluding steroid dienone is 2. The molecule has 0 N–H and O–H groups in total. The summed E-state index contributed by atoms with van der Waals surface area (Å²) in [6.07, 6.45) is 5.51. The van der Waals surface area contributed by atoms with Crippen LogP contribution in [-0.4, -0.2) is 42.3 Å². The van der Waals surface area contributed by atoms with E-state index in [0.717, 1.165) is 5.57 Å². The Balaban J connectivity index is 1.78. The van der Waals surface area contributed by atoms with Crippen LogP contribution in [0.2, 0.25) is 0 Å². The van der Waals surface area contributed by atoms with E-state index < -0.39 is 16.4 Å². The number of rotatable bonds is 2. The maximum Gasteiger partial charge on any atom is 0.330 e. The Morgan fingerprint density at radius 2 is 2.12 bits per heavy atom. The Bertz CT molecular complexity index is 673. The molecule has 0 radical (unpaired) electrons. The molecule has 2 aliphatic carbocycles. The van der Waals surface area contributed by atoms with Gasteiger partial charge in [-0.1, -0.05) is 19.9 Å². The molecule has 4 aliphatic rings. The van der Waals surface area contributed by atoms with Crippen molar-refractivity contribution < 1.29 is 23.8 Å². The lowest BCUT2D eigenvalue weighted by Gasteiger charge is -2.56. The molecule has 130 valence electrons. The van der Waals surface area contributed by atoms with E-state index in [4.69, 9.17) is 14.2 Å². The highest BCUT2D eigenvalue weighted by Gasteiger charge is 2.82. The van der Waals surface area contributed by atoms with E-state index in [1.807, 2.05) is 13.0 Å². The molecule has 4 rings (SSSR count). The van der Waals surface area contributed by atoms with Crippen LogP contribution in [0.5, 0.6) is 0 Å². The number of carbonyl (C=O) groups is 2. The maximum atomic E-state index is 12.5. The van der Waals surface area contributed by atoms with Gasteiger partial charge in [0.25, 0.3) is 0 Å². The first-order valence-electron chi connectivity index (χ1n) is 8.63. The van der Waals surface area contributed by atoms with Gasteiger partial charge in [-0.05, 0) is 25.5 Å². The van der Waals surface area contributed by atoms with Crippen molar-refractivity contribution in [3.63, 3.8) is 0 Å². The molecular formula is C19H24O5. The van der Waals surface area contributed by atoms with Crippen molar-refractivity contribution in [1.82, 2.24) is 0 Å². The quantitative estimate of drug-likeness (QED) is 0.441. The van der Waals surface area contributed by atoms with E-state index in [1.165, 1.54) is 6.08 Å². The molecule has 2 aliphatic heterocycles. The minimum Gasteiger partial charge on any atom is -0.458 e. The van der Waals surface area contributed by atoms with Crippen LogP contribution in [0.15, 0.2) is 23.8 Å². The third-order valence-electron chi connectivity index (χ3n) is 6.98. The predicted octanol–water partition coefficient (Wildman–Crippen LogP) is 2.35. The largest absolute Gasteiger partial charge is 0.458 e. The lowest BCUT2D eigenvalue weighted by atomic mass is 9.52. The van der Waals surface area contributed by atoms with Crippen molar-refractivity contribution in [2.45, 2.75) is 64.4 Å². The molecule has 1 spiro atoms. The molecule has 0 amide bonds. The Kier molecular flexibility index (Phi) is 3.20. The van der Waals surface area contributed by atoms with Gasteiger partial charge in [-0.25, -0.2) is 4.79 Å². The van der Waals surface area contributed by atoms with Crippen LogP contribution in [0.1, 0.15) is 40.5 Å². The van der Waals surface area contributed by atoms with E-state index in [1.54, 1.807) is 13.0 Å². The summed E-state index contributed by atoms with van der Waals surface area (Å²) >= 11 is 0. The van der Waals surface area contributed by atoms with Gasteiger partial charge < -0.3 is 14.2 Å². The van der Waals surface area contributed by atoms with Crippen LogP contribution in [-0.2, 0) is 23.8 Å². The van der Waals surface area contributed by atoms with Crippen molar-refractivity contribution in [2.75, 3.05) is 6.61 Å². The summed E-state index contributed by atoms with van der Waals surface area (Å²) in [6.45, 7) is 8.43. The van der Waals surface area contributed by atoms with E-state index in [-0.39, 0.29) is 30.1 Å². The smallest absolute Gasteiger partial charge is 0.330 e. The van der Waals surface area contributed by atoms with E-state index >= 15 is 0 Å². The molecule has 2 saturated heterocycles. The number of carbonyl (C=O) groups excluding carboxylic acids is 2. The van der Waals surface area contributed by atoms with Crippen LogP contribution < -0.4 is 0 Å². The van der Waals surface area contributed by atoms with Gasteiger partial charge in [-0.2, -0.15) is 0 Å². The normalized spacial score (nSPS) is 49.2. The highest BCUT2D eigenvalue weighted by atomic mass is 16.6. The molecule has 24 heavy (non-hydrogen) atoms. The van der Waals surface area contributed by atoms with E-state index in [0.29, 0.717) is 19.4 Å². The molecule has 6 atom stereocenters. The van der Waals surface area contributed by atoms with E-state index in [2.05, 4.69) is 13.8 Å². The minimum atomic E-state index is -0.450. The Labute approximate surface area is 142 Å². The summed E-state index contributed by atoms with van der Waals surface area (Å²) in [7, 11) is 0. The second-order valence-corrected chi connectivity index (χ2v) is 7.95. The van der Waals surface area contributed by atoms with Crippen molar-refractivity contribution in [3.05, 3.63) is 23.8 Å². The number of epoxide rings is 1. The second kappa shape index (κ2) is 4.79. The molecular weight excluding hydrogens is 308 g/mol. The van der Waals surface area contributed by atoms with Crippen molar-refractivity contribution in [3.8, 4) is 0 Å². The van der Waals surface area contributed by atoms with Crippen molar-refractivity contribution >= 4 is 11.8 Å². The SMILES string of the molecule is C/C=C/C(=O)O[C@@H]1C[C@H]2O[C@@H]3C=C(C)C(=O)C[C@]3(C)[C@]1(C)[C@]21CO1. The molecule has 0 unspecified atom stereocenters. The van der Waals surface area contributed by atoms with Gasteiger partial charge in [0, 0.05) is 29.7 Å². The predicted molar refractivity (Wildman–Crippen MR) is 86.3 cm³/mol. The van der Waals surface area contributed by atoms with Crippen LogP contribution in [0, 0.1) is 10.8 Å². The molecule has 1 saturated carbocycles. The summed E-state index contributed by atoms with van der Waals surface area (Å²) in [4.78, 5) is 24.5. The van der Waals surface area contributed by atoms with Gasteiger partial charge in [-0.3, -0.25) is 4.79 Å². The summed E-state index contributed by atoms with van der Waals surface area (Å²) in [5.41, 5.74) is -0.569. The Morgan fingerprint density at radius 3 is 2.75 bits per heavy atom. The van der Waals surface area contributed by atoms with Gasteiger partial charge in [-0.15, -0.1) is 0 Å². The summed E-state index contributed by atoms with van der Waals surface area (Å²) in [5.74, 6) is -0.209. The first kappa shape index (κ1) is 16.0. The zero-order valence-corrected chi connectivity index (χ0v) is 14.6. The topological polar surface area (TPSA) is 65.1 Å². The Hall–Kier alpha value is -1.46. The van der Waals surface area contributed by atoms with Crippen LogP contribution >= 0.6 is 0 Å². The molecule has 2 bridgehead atoms. The van der Waals surface area contributed by atoms with Gasteiger partial charge >= 0.3 is 5.97 Å². The molecule has 5 heteroatoms. The molecule has 0 aromatic carbocycles. The summed E-state index contributed by atoms with van der Waals surface area (Å²) in [5, 5.41) is 0. The second-order valence-electron chi connectivity index (χ2n) is 7.95. The van der Waals surface area contributed by atoms with Crippen molar-refractivity contribution in [2.24, 2.45) is 10.8 Å². The molecule has 5 nitrogen and oxygen atoms in total. The Morgan fingerprint density at radius 1 is 1.42 bits per heavy atom. The number of hydrogen-bond donors (Lipinski definition) is 0.